The van der Waals surface area contributed by atoms with Crippen LogP contribution in [-0.4, -0.2) is 29.3 Å². The Kier molecular flexibility index (Phi) is 6.26. The molecule has 0 aliphatic carbocycles. The minimum atomic E-state index is -0.515. The molecule has 3 aromatic rings. The van der Waals surface area contributed by atoms with Crippen molar-refractivity contribution in [2.24, 2.45) is 0 Å². The minimum absolute atomic E-state index is 0.116. The molecular formula is C21H22N2O5. The predicted octanol–water partition coefficient (Wildman–Crippen LogP) is 4.20. The number of esters is 1. The highest BCUT2D eigenvalue weighted by Crippen LogP contribution is 2.29. The van der Waals surface area contributed by atoms with Gasteiger partial charge in [-0.2, -0.15) is 4.98 Å². The second kappa shape index (κ2) is 9.03. The van der Waals surface area contributed by atoms with E-state index >= 15 is 0 Å². The maximum Gasteiger partial charge on any atom is 0.338 e. The van der Waals surface area contributed by atoms with Gasteiger partial charge in [-0.3, -0.25) is 0 Å². The molecule has 0 fully saturated rings. The maximum absolute atomic E-state index is 12.3. The average Bonchev–Trinajstić information content (AvgIpc) is 3.17. The Morgan fingerprint density at radius 3 is 2.43 bits per heavy atom. The quantitative estimate of drug-likeness (QED) is 0.540. The van der Waals surface area contributed by atoms with E-state index in [-0.39, 0.29) is 12.5 Å². The molecule has 1 aromatic heterocycles. The second-order valence-electron chi connectivity index (χ2n) is 5.98. The number of nitrogens with zero attached hydrogens (tertiary/aromatic N) is 2. The van der Waals surface area contributed by atoms with Gasteiger partial charge in [-0.15, -0.1) is 0 Å². The van der Waals surface area contributed by atoms with Gasteiger partial charge in [0.25, 0.3) is 5.89 Å². The SMILES string of the molecule is CCOc1ccc(C(=O)OCc2nc(-c3ccc(C)cc3)no2)cc1OCC. The van der Waals surface area contributed by atoms with Gasteiger partial charge in [-0.25, -0.2) is 4.79 Å². The number of ether oxygens (including phenoxy) is 3. The van der Waals surface area contributed by atoms with E-state index in [0.29, 0.717) is 36.1 Å². The van der Waals surface area contributed by atoms with Crippen molar-refractivity contribution in [2.45, 2.75) is 27.4 Å². The maximum atomic E-state index is 12.3. The van der Waals surface area contributed by atoms with E-state index in [2.05, 4.69) is 10.1 Å². The van der Waals surface area contributed by atoms with Crippen molar-refractivity contribution in [1.82, 2.24) is 10.1 Å². The summed E-state index contributed by atoms with van der Waals surface area (Å²) < 4.78 is 21.5. The van der Waals surface area contributed by atoms with Gasteiger partial charge >= 0.3 is 5.97 Å². The number of aromatic nitrogens is 2. The van der Waals surface area contributed by atoms with E-state index < -0.39 is 5.97 Å². The Morgan fingerprint density at radius 1 is 1.00 bits per heavy atom. The molecule has 0 aliphatic heterocycles. The lowest BCUT2D eigenvalue weighted by Gasteiger charge is -2.11. The first-order valence-corrected chi connectivity index (χ1v) is 9.07. The van der Waals surface area contributed by atoms with Crippen molar-refractivity contribution >= 4 is 5.97 Å². The van der Waals surface area contributed by atoms with Crippen LogP contribution in [0, 0.1) is 6.92 Å². The predicted molar refractivity (Wildman–Crippen MR) is 102 cm³/mol. The van der Waals surface area contributed by atoms with Crippen LogP contribution in [0.5, 0.6) is 11.5 Å². The number of rotatable bonds is 8. The molecule has 0 spiro atoms. The van der Waals surface area contributed by atoms with Crippen molar-refractivity contribution in [2.75, 3.05) is 13.2 Å². The second-order valence-corrected chi connectivity index (χ2v) is 5.98. The molecule has 0 N–H and O–H groups in total. The van der Waals surface area contributed by atoms with Gasteiger partial charge in [0.05, 0.1) is 18.8 Å². The molecule has 1 heterocycles. The molecule has 3 rings (SSSR count). The highest BCUT2D eigenvalue weighted by Gasteiger charge is 2.15. The van der Waals surface area contributed by atoms with Gasteiger partial charge in [-0.1, -0.05) is 35.0 Å². The van der Waals surface area contributed by atoms with Gasteiger partial charge in [0.2, 0.25) is 5.82 Å². The molecule has 0 unspecified atom stereocenters. The summed E-state index contributed by atoms with van der Waals surface area (Å²) in [4.78, 5) is 16.6. The zero-order valence-electron chi connectivity index (χ0n) is 16.1. The van der Waals surface area contributed by atoms with Crippen molar-refractivity contribution in [3.8, 4) is 22.9 Å². The first-order chi connectivity index (χ1) is 13.6. The van der Waals surface area contributed by atoms with Gasteiger partial charge < -0.3 is 18.7 Å². The van der Waals surface area contributed by atoms with E-state index in [1.165, 1.54) is 0 Å². The van der Waals surface area contributed by atoms with Gasteiger partial charge in [0.1, 0.15) is 0 Å². The largest absolute Gasteiger partial charge is 0.490 e. The van der Waals surface area contributed by atoms with Crippen LogP contribution in [0.15, 0.2) is 47.0 Å². The molecule has 0 atom stereocenters. The molecule has 0 radical (unpaired) electrons. The van der Waals surface area contributed by atoms with E-state index in [1.807, 2.05) is 45.0 Å². The summed E-state index contributed by atoms with van der Waals surface area (Å²) in [6, 6.07) is 12.7. The molecule has 28 heavy (non-hydrogen) atoms. The molecule has 0 aliphatic rings. The van der Waals surface area contributed by atoms with E-state index in [4.69, 9.17) is 18.7 Å². The number of aryl methyl sites for hydroxylation is 1. The van der Waals surface area contributed by atoms with Crippen molar-refractivity contribution in [1.29, 1.82) is 0 Å². The molecular weight excluding hydrogens is 360 g/mol. The number of hydrogen-bond donors (Lipinski definition) is 0. The molecule has 0 bridgehead atoms. The van der Waals surface area contributed by atoms with Crippen molar-refractivity contribution in [3.05, 3.63) is 59.5 Å². The van der Waals surface area contributed by atoms with Crippen LogP contribution < -0.4 is 9.47 Å². The zero-order chi connectivity index (χ0) is 19.9. The first kappa shape index (κ1) is 19.4. The minimum Gasteiger partial charge on any atom is -0.490 e. The number of carbonyl (C=O) groups excluding carboxylic acids is 1. The first-order valence-electron chi connectivity index (χ1n) is 9.07. The number of hydrogen-bond acceptors (Lipinski definition) is 7. The highest BCUT2D eigenvalue weighted by atomic mass is 16.6. The smallest absolute Gasteiger partial charge is 0.338 e. The number of carbonyl (C=O) groups is 1. The third kappa shape index (κ3) is 4.68. The highest BCUT2D eigenvalue weighted by molar-refractivity contribution is 5.90. The molecule has 146 valence electrons. The molecule has 7 heteroatoms. The van der Waals surface area contributed by atoms with Crippen molar-refractivity contribution in [3.63, 3.8) is 0 Å². The summed E-state index contributed by atoms with van der Waals surface area (Å²) in [7, 11) is 0. The topological polar surface area (TPSA) is 83.7 Å². The summed E-state index contributed by atoms with van der Waals surface area (Å²) in [6.45, 7) is 6.60. The van der Waals surface area contributed by atoms with E-state index in [1.54, 1.807) is 18.2 Å². The zero-order valence-corrected chi connectivity index (χ0v) is 16.1. The number of benzene rings is 2. The monoisotopic (exact) mass is 382 g/mol. The van der Waals surface area contributed by atoms with Gasteiger partial charge in [0.15, 0.2) is 18.1 Å². The Bertz CT molecular complexity index is 934. The summed E-state index contributed by atoms with van der Waals surface area (Å²) in [5.41, 5.74) is 2.33. The molecule has 0 amide bonds. The summed E-state index contributed by atoms with van der Waals surface area (Å²) >= 11 is 0. The third-order valence-electron chi connectivity index (χ3n) is 3.88. The molecule has 2 aromatic carbocycles. The van der Waals surface area contributed by atoms with Crippen LogP contribution in [0.25, 0.3) is 11.4 Å². The third-order valence-corrected chi connectivity index (χ3v) is 3.88. The van der Waals surface area contributed by atoms with Crippen LogP contribution >= 0.6 is 0 Å². The van der Waals surface area contributed by atoms with Crippen LogP contribution in [0.1, 0.15) is 35.7 Å². The summed E-state index contributed by atoms with van der Waals surface area (Å²) in [5.74, 6) is 1.24. The lowest BCUT2D eigenvalue weighted by Crippen LogP contribution is -2.07. The lowest BCUT2D eigenvalue weighted by molar-refractivity contribution is 0.0429. The average molecular weight is 382 g/mol. The standard InChI is InChI=1S/C21H22N2O5/c1-4-25-17-11-10-16(12-18(17)26-5-2)21(24)27-13-19-22-20(23-28-19)15-8-6-14(3)7-9-15/h6-12H,4-5,13H2,1-3H3. The lowest BCUT2D eigenvalue weighted by atomic mass is 10.1. The van der Waals surface area contributed by atoms with Crippen LogP contribution in [0.3, 0.4) is 0 Å². The molecule has 7 nitrogen and oxygen atoms in total. The fourth-order valence-electron chi connectivity index (χ4n) is 2.52. The Balaban J connectivity index is 1.65. The Labute approximate surface area is 163 Å². The van der Waals surface area contributed by atoms with E-state index in [9.17, 15) is 4.79 Å². The molecule has 0 saturated carbocycles. The Hall–Kier alpha value is -3.35. The van der Waals surface area contributed by atoms with E-state index in [0.717, 1.165) is 11.1 Å². The van der Waals surface area contributed by atoms with Gasteiger partial charge in [-0.05, 0) is 39.0 Å². The van der Waals surface area contributed by atoms with Gasteiger partial charge in [0, 0.05) is 5.56 Å². The van der Waals surface area contributed by atoms with Crippen LogP contribution in [0.4, 0.5) is 0 Å². The summed E-state index contributed by atoms with van der Waals surface area (Å²) in [5, 5.41) is 3.92. The fourth-order valence-corrected chi connectivity index (χ4v) is 2.52. The van der Waals surface area contributed by atoms with Crippen molar-refractivity contribution < 1.29 is 23.5 Å². The van der Waals surface area contributed by atoms with Crippen LogP contribution in [0.2, 0.25) is 0 Å². The Morgan fingerprint density at radius 2 is 1.71 bits per heavy atom. The summed E-state index contributed by atoms with van der Waals surface area (Å²) in [6.07, 6.45) is 0. The van der Waals surface area contributed by atoms with Crippen LogP contribution in [-0.2, 0) is 11.3 Å². The fraction of sp³-hybridized carbons (Fsp3) is 0.286. The normalized spacial score (nSPS) is 10.5. The molecule has 0 saturated heterocycles.